The van der Waals surface area contributed by atoms with E-state index in [1.165, 1.54) is 154 Å². The first kappa shape index (κ1) is 30.0. The topological polar surface area (TPSA) is 20.2 Å². The first-order valence-electron chi connectivity index (χ1n) is 15.3. The van der Waals surface area contributed by atoms with Crippen molar-refractivity contribution in [2.24, 2.45) is 11.8 Å². The van der Waals surface area contributed by atoms with E-state index < -0.39 is 0 Å². The molecule has 0 heterocycles. The Labute approximate surface area is 203 Å². The molecule has 0 aliphatic heterocycles. The van der Waals surface area contributed by atoms with E-state index in [2.05, 4.69) is 13.8 Å². The van der Waals surface area contributed by atoms with Crippen LogP contribution in [0.2, 0.25) is 0 Å². The van der Waals surface area contributed by atoms with Gasteiger partial charge in [-0.2, -0.15) is 0 Å². The summed E-state index contributed by atoms with van der Waals surface area (Å²) in [5.74, 6) is 1.55. The molecule has 1 nitrogen and oxygen atoms in total. The summed E-state index contributed by atoms with van der Waals surface area (Å²) in [7, 11) is 0. The molecular formula is C31H62O. The summed E-state index contributed by atoms with van der Waals surface area (Å²) in [6, 6.07) is 0. The van der Waals surface area contributed by atoms with Crippen LogP contribution in [0.4, 0.5) is 0 Å². The van der Waals surface area contributed by atoms with Crippen molar-refractivity contribution < 1.29 is 5.11 Å². The summed E-state index contributed by atoms with van der Waals surface area (Å²) in [5.41, 5.74) is -0.303. The summed E-state index contributed by atoms with van der Waals surface area (Å²) in [5, 5.41) is 9.80. The Hall–Kier alpha value is -0.0400. The molecule has 0 amide bonds. The molecule has 0 bridgehead atoms. The van der Waals surface area contributed by atoms with Crippen molar-refractivity contribution in [2.45, 2.75) is 187 Å². The summed E-state index contributed by atoms with van der Waals surface area (Å²) in [6.45, 7) is 6.77. The van der Waals surface area contributed by atoms with Crippen molar-refractivity contribution in [3.05, 3.63) is 0 Å². The molecule has 1 rings (SSSR count). The molecular weight excluding hydrogens is 388 g/mol. The average molecular weight is 451 g/mol. The van der Waals surface area contributed by atoms with Crippen molar-refractivity contribution in [1.82, 2.24) is 0 Å². The average Bonchev–Trinajstić information content (AvgIpc) is 3.38. The first-order valence-corrected chi connectivity index (χ1v) is 15.3. The number of rotatable bonds is 25. The Balaban J connectivity index is 1.68. The lowest BCUT2D eigenvalue weighted by Gasteiger charge is -2.11. The van der Waals surface area contributed by atoms with Crippen molar-refractivity contribution >= 4 is 0 Å². The normalized spacial score (nSPS) is 21.2. The lowest BCUT2D eigenvalue weighted by Crippen LogP contribution is -2.03. The SMILES string of the molecule is CCCCCCCCCCCCCCCCCCC(C)CCCCCCCC1CC1(C)O. The van der Waals surface area contributed by atoms with Gasteiger partial charge in [0.05, 0.1) is 5.60 Å². The lowest BCUT2D eigenvalue weighted by molar-refractivity contribution is 0.149. The van der Waals surface area contributed by atoms with E-state index in [-0.39, 0.29) is 5.60 Å². The molecule has 0 saturated heterocycles. The highest BCUT2D eigenvalue weighted by Gasteiger charge is 2.47. The van der Waals surface area contributed by atoms with Gasteiger partial charge in [-0.05, 0) is 31.6 Å². The summed E-state index contributed by atoms with van der Waals surface area (Å²) in [4.78, 5) is 0. The van der Waals surface area contributed by atoms with Crippen LogP contribution in [-0.4, -0.2) is 10.7 Å². The molecule has 0 aromatic heterocycles. The van der Waals surface area contributed by atoms with Gasteiger partial charge in [-0.15, -0.1) is 0 Å². The van der Waals surface area contributed by atoms with E-state index >= 15 is 0 Å². The van der Waals surface area contributed by atoms with Gasteiger partial charge in [0.15, 0.2) is 0 Å². The van der Waals surface area contributed by atoms with Crippen LogP contribution in [0.5, 0.6) is 0 Å². The standard InChI is InChI=1S/C31H62O/c1-4-5-6-7-8-9-10-11-12-13-14-15-16-17-19-22-25-29(2)26-23-20-18-21-24-27-30-28-31(30,3)32/h29-30,32H,4-28H2,1-3H3. The maximum absolute atomic E-state index is 9.80. The van der Waals surface area contributed by atoms with Crippen LogP contribution in [0.15, 0.2) is 0 Å². The fraction of sp³-hybridized carbons (Fsp3) is 1.00. The molecule has 3 unspecified atom stereocenters. The van der Waals surface area contributed by atoms with Crippen molar-refractivity contribution in [3.63, 3.8) is 0 Å². The van der Waals surface area contributed by atoms with Crippen molar-refractivity contribution in [1.29, 1.82) is 0 Å². The number of aliphatic hydroxyl groups is 1. The maximum atomic E-state index is 9.80. The summed E-state index contributed by atoms with van der Waals surface area (Å²) >= 11 is 0. The van der Waals surface area contributed by atoms with Crippen LogP contribution in [-0.2, 0) is 0 Å². The minimum atomic E-state index is -0.303. The number of hydrogen-bond donors (Lipinski definition) is 1. The van der Waals surface area contributed by atoms with Crippen LogP contribution < -0.4 is 0 Å². The summed E-state index contributed by atoms with van der Waals surface area (Å²) in [6.07, 6.45) is 35.6. The van der Waals surface area contributed by atoms with Crippen molar-refractivity contribution in [2.75, 3.05) is 0 Å². The zero-order chi connectivity index (χ0) is 23.3. The third-order valence-electron chi connectivity index (χ3n) is 8.18. The van der Waals surface area contributed by atoms with E-state index in [4.69, 9.17) is 0 Å². The molecule has 1 aliphatic carbocycles. The molecule has 1 N–H and O–H groups in total. The molecule has 1 heteroatoms. The molecule has 32 heavy (non-hydrogen) atoms. The molecule has 0 aromatic rings. The van der Waals surface area contributed by atoms with E-state index in [1.54, 1.807) is 0 Å². The Morgan fingerprint density at radius 1 is 0.594 bits per heavy atom. The van der Waals surface area contributed by atoms with E-state index in [0.717, 1.165) is 12.3 Å². The quantitative estimate of drug-likeness (QED) is 0.137. The fourth-order valence-corrected chi connectivity index (χ4v) is 5.45. The zero-order valence-electron chi connectivity index (χ0n) is 22.8. The van der Waals surface area contributed by atoms with Gasteiger partial charge < -0.3 is 5.11 Å². The zero-order valence-corrected chi connectivity index (χ0v) is 22.8. The highest BCUT2D eigenvalue weighted by molar-refractivity contribution is 4.98. The van der Waals surface area contributed by atoms with Gasteiger partial charge in [0.2, 0.25) is 0 Å². The minimum absolute atomic E-state index is 0.303. The van der Waals surface area contributed by atoms with Crippen LogP contribution in [0.3, 0.4) is 0 Å². The molecule has 1 aliphatic rings. The van der Waals surface area contributed by atoms with Gasteiger partial charge in [0.25, 0.3) is 0 Å². The van der Waals surface area contributed by atoms with E-state index in [0.29, 0.717) is 5.92 Å². The van der Waals surface area contributed by atoms with Gasteiger partial charge >= 0.3 is 0 Å². The lowest BCUT2D eigenvalue weighted by atomic mass is 9.95. The third-order valence-corrected chi connectivity index (χ3v) is 8.18. The predicted octanol–water partition coefficient (Wildman–Crippen LogP) is 10.8. The number of hydrogen-bond acceptors (Lipinski definition) is 1. The Morgan fingerprint density at radius 3 is 1.25 bits per heavy atom. The second kappa shape index (κ2) is 20.3. The van der Waals surface area contributed by atoms with Gasteiger partial charge in [0.1, 0.15) is 0 Å². The summed E-state index contributed by atoms with van der Waals surface area (Å²) < 4.78 is 0. The largest absolute Gasteiger partial charge is 0.390 e. The number of unbranched alkanes of at least 4 members (excludes halogenated alkanes) is 19. The monoisotopic (exact) mass is 450 g/mol. The molecule has 0 radical (unpaired) electrons. The highest BCUT2D eigenvalue weighted by Crippen LogP contribution is 2.46. The Bertz CT molecular complexity index is 388. The highest BCUT2D eigenvalue weighted by atomic mass is 16.3. The second-order valence-corrected chi connectivity index (χ2v) is 11.8. The van der Waals surface area contributed by atoms with Crippen molar-refractivity contribution in [3.8, 4) is 0 Å². The van der Waals surface area contributed by atoms with Gasteiger partial charge in [0, 0.05) is 0 Å². The van der Waals surface area contributed by atoms with Crippen LogP contribution in [0, 0.1) is 11.8 Å². The van der Waals surface area contributed by atoms with E-state index in [1.807, 2.05) is 6.92 Å². The predicted molar refractivity (Wildman–Crippen MR) is 144 cm³/mol. The second-order valence-electron chi connectivity index (χ2n) is 11.8. The van der Waals surface area contributed by atoms with Gasteiger partial charge in [-0.1, -0.05) is 162 Å². The molecule has 0 spiro atoms. The molecule has 3 atom stereocenters. The Morgan fingerprint density at radius 2 is 0.906 bits per heavy atom. The fourth-order valence-electron chi connectivity index (χ4n) is 5.45. The van der Waals surface area contributed by atoms with Gasteiger partial charge in [-0.25, -0.2) is 0 Å². The maximum Gasteiger partial charge on any atom is 0.0652 e. The van der Waals surface area contributed by atoms with Crippen LogP contribution >= 0.6 is 0 Å². The third kappa shape index (κ3) is 18.4. The minimum Gasteiger partial charge on any atom is -0.390 e. The Kier molecular flexibility index (Phi) is 19.1. The smallest absolute Gasteiger partial charge is 0.0652 e. The van der Waals surface area contributed by atoms with Gasteiger partial charge in [-0.3, -0.25) is 0 Å². The first-order chi connectivity index (χ1) is 15.6. The molecule has 192 valence electrons. The molecule has 1 fully saturated rings. The molecule has 0 aromatic carbocycles. The van der Waals surface area contributed by atoms with E-state index in [9.17, 15) is 5.11 Å². The van der Waals surface area contributed by atoms with Crippen LogP contribution in [0.25, 0.3) is 0 Å². The van der Waals surface area contributed by atoms with Crippen LogP contribution in [0.1, 0.15) is 181 Å². The molecule has 1 saturated carbocycles.